The Labute approximate surface area is 108 Å². The third-order valence-electron chi connectivity index (χ3n) is 2.65. The van der Waals surface area contributed by atoms with Crippen molar-refractivity contribution in [3.05, 3.63) is 29.3 Å². The predicted molar refractivity (Wildman–Crippen MR) is 74.5 cm³/mol. The van der Waals surface area contributed by atoms with Crippen molar-refractivity contribution in [1.29, 1.82) is 0 Å². The number of thioether (sulfide) groups is 1. The zero-order valence-electron chi connectivity index (χ0n) is 10.2. The molecule has 1 rings (SSSR count). The fourth-order valence-corrected chi connectivity index (χ4v) is 2.32. The van der Waals surface area contributed by atoms with E-state index in [9.17, 15) is 0 Å². The predicted octanol–water partition coefficient (Wildman–Crippen LogP) is 4.21. The molecule has 0 unspecified atom stereocenters. The van der Waals surface area contributed by atoms with Crippen LogP contribution in [0.4, 0.5) is 0 Å². The molecule has 0 amide bonds. The Kier molecular flexibility index (Phi) is 5.67. The average Bonchev–Trinajstić information content (AvgIpc) is 2.25. The van der Waals surface area contributed by atoms with Crippen molar-refractivity contribution in [1.82, 2.24) is 5.32 Å². The molecular formula is C13H20ClNS. The van der Waals surface area contributed by atoms with Crippen LogP contribution in [0.2, 0.25) is 5.02 Å². The summed E-state index contributed by atoms with van der Waals surface area (Å²) in [5, 5.41) is 4.35. The first-order chi connectivity index (χ1) is 7.53. The second kappa shape index (κ2) is 6.53. The molecule has 0 aliphatic rings. The van der Waals surface area contributed by atoms with Crippen LogP contribution in [0.15, 0.2) is 29.2 Å². The normalized spacial score (nSPS) is 11.8. The fourth-order valence-electron chi connectivity index (χ4n) is 1.24. The molecule has 0 bridgehead atoms. The topological polar surface area (TPSA) is 12.0 Å². The molecule has 16 heavy (non-hydrogen) atoms. The maximum atomic E-state index is 5.92. The number of halogens is 1. The molecule has 1 nitrogen and oxygen atoms in total. The van der Waals surface area contributed by atoms with Crippen molar-refractivity contribution in [2.45, 2.75) is 37.6 Å². The summed E-state index contributed by atoms with van der Waals surface area (Å²) in [5.41, 5.74) is 0.245. The Morgan fingerprint density at radius 1 is 1.38 bits per heavy atom. The van der Waals surface area contributed by atoms with Crippen molar-refractivity contribution in [2.75, 3.05) is 12.3 Å². The quantitative estimate of drug-likeness (QED) is 0.605. The Hall–Kier alpha value is -0.180. The highest BCUT2D eigenvalue weighted by atomic mass is 35.5. The largest absolute Gasteiger partial charge is 0.311 e. The van der Waals surface area contributed by atoms with Crippen LogP contribution in [0.5, 0.6) is 0 Å². The van der Waals surface area contributed by atoms with E-state index >= 15 is 0 Å². The number of hydrogen-bond donors (Lipinski definition) is 1. The minimum Gasteiger partial charge on any atom is -0.311 e. The van der Waals surface area contributed by atoms with Gasteiger partial charge >= 0.3 is 0 Å². The summed E-state index contributed by atoms with van der Waals surface area (Å²) in [7, 11) is 0. The Bertz CT molecular complexity index is 325. The van der Waals surface area contributed by atoms with Crippen LogP contribution in [-0.4, -0.2) is 17.8 Å². The molecule has 0 heterocycles. The van der Waals surface area contributed by atoms with Gasteiger partial charge in [-0.05, 0) is 38.5 Å². The SMILES string of the molecule is CCC(C)(C)NCCSc1cccc(Cl)c1. The number of rotatable bonds is 6. The van der Waals surface area contributed by atoms with Gasteiger partial charge in [-0.25, -0.2) is 0 Å². The van der Waals surface area contributed by atoms with Gasteiger partial charge in [-0.1, -0.05) is 24.6 Å². The Morgan fingerprint density at radius 2 is 2.12 bits per heavy atom. The first-order valence-corrected chi connectivity index (χ1v) is 7.03. The molecule has 3 heteroatoms. The molecule has 0 saturated carbocycles. The number of hydrogen-bond acceptors (Lipinski definition) is 2. The van der Waals surface area contributed by atoms with Gasteiger partial charge in [0.05, 0.1) is 0 Å². The molecule has 1 aromatic rings. The van der Waals surface area contributed by atoms with Gasteiger partial charge in [-0.3, -0.25) is 0 Å². The van der Waals surface area contributed by atoms with E-state index in [0.29, 0.717) is 0 Å². The van der Waals surface area contributed by atoms with Crippen molar-refractivity contribution in [3.8, 4) is 0 Å². The molecular weight excluding hydrogens is 238 g/mol. The summed E-state index contributed by atoms with van der Waals surface area (Å²) in [6.07, 6.45) is 1.15. The Balaban J connectivity index is 2.26. The number of benzene rings is 1. The zero-order chi connectivity index (χ0) is 12.0. The Morgan fingerprint density at radius 3 is 2.75 bits per heavy atom. The van der Waals surface area contributed by atoms with Crippen LogP contribution in [-0.2, 0) is 0 Å². The molecule has 0 aromatic heterocycles. The molecule has 0 radical (unpaired) electrons. The smallest absolute Gasteiger partial charge is 0.0417 e. The second-order valence-corrected chi connectivity index (χ2v) is 6.07. The molecule has 0 saturated heterocycles. The molecule has 90 valence electrons. The summed E-state index contributed by atoms with van der Waals surface area (Å²) in [5.74, 6) is 1.07. The highest BCUT2D eigenvalue weighted by Gasteiger charge is 2.12. The maximum absolute atomic E-state index is 5.92. The lowest BCUT2D eigenvalue weighted by Crippen LogP contribution is -2.39. The van der Waals surface area contributed by atoms with Crippen LogP contribution in [0, 0.1) is 0 Å². The standard InChI is InChI=1S/C13H20ClNS/c1-4-13(2,3)15-8-9-16-12-7-5-6-11(14)10-12/h5-7,10,15H,4,8-9H2,1-3H3. The first kappa shape index (κ1) is 13.9. The van der Waals surface area contributed by atoms with Gasteiger partial charge in [-0.15, -0.1) is 11.8 Å². The maximum Gasteiger partial charge on any atom is 0.0417 e. The van der Waals surface area contributed by atoms with Crippen molar-refractivity contribution in [3.63, 3.8) is 0 Å². The van der Waals surface area contributed by atoms with Gasteiger partial charge in [0, 0.05) is 27.8 Å². The molecule has 1 N–H and O–H groups in total. The first-order valence-electron chi connectivity index (χ1n) is 5.67. The molecule has 0 aliphatic heterocycles. The van der Waals surface area contributed by atoms with Gasteiger partial charge in [0.1, 0.15) is 0 Å². The van der Waals surface area contributed by atoms with Gasteiger partial charge in [0.2, 0.25) is 0 Å². The molecule has 0 fully saturated rings. The lowest BCUT2D eigenvalue weighted by molar-refractivity contribution is 0.388. The van der Waals surface area contributed by atoms with Crippen molar-refractivity contribution < 1.29 is 0 Å². The van der Waals surface area contributed by atoms with E-state index in [2.05, 4.69) is 32.2 Å². The minimum absolute atomic E-state index is 0.245. The van der Waals surface area contributed by atoms with Gasteiger partial charge < -0.3 is 5.32 Å². The van der Waals surface area contributed by atoms with E-state index in [1.165, 1.54) is 4.90 Å². The van der Waals surface area contributed by atoms with Gasteiger partial charge in [0.25, 0.3) is 0 Å². The summed E-state index contributed by atoms with van der Waals surface area (Å²) >= 11 is 7.76. The lowest BCUT2D eigenvalue weighted by atomic mass is 10.0. The van der Waals surface area contributed by atoms with Crippen LogP contribution in [0.25, 0.3) is 0 Å². The highest BCUT2D eigenvalue weighted by molar-refractivity contribution is 7.99. The van der Waals surface area contributed by atoms with Gasteiger partial charge in [-0.2, -0.15) is 0 Å². The fraction of sp³-hybridized carbons (Fsp3) is 0.538. The monoisotopic (exact) mass is 257 g/mol. The lowest BCUT2D eigenvalue weighted by Gasteiger charge is -2.24. The molecule has 0 atom stereocenters. The summed E-state index contributed by atoms with van der Waals surface area (Å²) in [6.45, 7) is 7.70. The van der Waals surface area contributed by atoms with Crippen molar-refractivity contribution >= 4 is 23.4 Å². The molecule has 1 aromatic carbocycles. The molecule has 0 spiro atoms. The van der Waals surface area contributed by atoms with Crippen LogP contribution < -0.4 is 5.32 Å². The van der Waals surface area contributed by atoms with E-state index in [0.717, 1.165) is 23.7 Å². The highest BCUT2D eigenvalue weighted by Crippen LogP contribution is 2.21. The third-order valence-corrected chi connectivity index (χ3v) is 3.88. The van der Waals surface area contributed by atoms with Crippen LogP contribution in [0.3, 0.4) is 0 Å². The van der Waals surface area contributed by atoms with Crippen LogP contribution >= 0.6 is 23.4 Å². The van der Waals surface area contributed by atoms with Crippen molar-refractivity contribution in [2.24, 2.45) is 0 Å². The summed E-state index contributed by atoms with van der Waals surface area (Å²) in [6, 6.07) is 8.01. The van der Waals surface area contributed by atoms with E-state index in [1.54, 1.807) is 0 Å². The van der Waals surface area contributed by atoms with E-state index in [-0.39, 0.29) is 5.54 Å². The molecule has 0 aliphatic carbocycles. The zero-order valence-corrected chi connectivity index (χ0v) is 11.8. The number of nitrogens with one attached hydrogen (secondary N) is 1. The average molecular weight is 258 g/mol. The van der Waals surface area contributed by atoms with E-state index < -0.39 is 0 Å². The summed E-state index contributed by atoms with van der Waals surface area (Å²) in [4.78, 5) is 1.24. The summed E-state index contributed by atoms with van der Waals surface area (Å²) < 4.78 is 0. The van der Waals surface area contributed by atoms with Gasteiger partial charge in [0.15, 0.2) is 0 Å². The third kappa shape index (κ3) is 5.24. The second-order valence-electron chi connectivity index (χ2n) is 4.47. The minimum atomic E-state index is 0.245. The van der Waals surface area contributed by atoms with E-state index in [1.807, 2.05) is 30.0 Å². The van der Waals surface area contributed by atoms with Crippen LogP contribution in [0.1, 0.15) is 27.2 Å². The van der Waals surface area contributed by atoms with E-state index in [4.69, 9.17) is 11.6 Å².